The second-order valence-electron chi connectivity index (χ2n) is 5.13. The molecule has 0 aliphatic carbocycles. The molecule has 0 aliphatic heterocycles. The summed E-state index contributed by atoms with van der Waals surface area (Å²) in [6, 6.07) is 7.50. The number of rotatable bonds is 7. The number of aliphatic hydroxyl groups excluding tert-OH is 1. The van der Waals surface area contributed by atoms with E-state index in [4.69, 9.17) is 9.63 Å². The predicted molar refractivity (Wildman–Crippen MR) is 84.8 cm³/mol. The zero-order valence-electron chi connectivity index (χ0n) is 13.1. The maximum absolute atomic E-state index is 12.2. The van der Waals surface area contributed by atoms with Gasteiger partial charge in [0, 0.05) is 24.3 Å². The third kappa shape index (κ3) is 3.95. The molecule has 1 aromatic heterocycles. The molecule has 22 heavy (non-hydrogen) atoms. The molecule has 5 nitrogen and oxygen atoms in total. The summed E-state index contributed by atoms with van der Waals surface area (Å²) in [4.78, 5) is 12.2. The van der Waals surface area contributed by atoms with Gasteiger partial charge in [-0.3, -0.25) is 4.79 Å². The fraction of sp³-hybridized carbons (Fsp3) is 0.412. The third-order valence-corrected chi connectivity index (χ3v) is 3.58. The van der Waals surface area contributed by atoms with Crippen molar-refractivity contribution < 1.29 is 14.4 Å². The van der Waals surface area contributed by atoms with Crippen LogP contribution >= 0.6 is 0 Å². The molecular weight excluding hydrogens is 280 g/mol. The third-order valence-electron chi connectivity index (χ3n) is 3.58. The number of amides is 1. The smallest absolute Gasteiger partial charge is 0.228 e. The lowest BCUT2D eigenvalue weighted by atomic mass is 10.1. The van der Waals surface area contributed by atoms with Crippen molar-refractivity contribution in [3.63, 3.8) is 0 Å². The molecule has 118 valence electrons. The topological polar surface area (TPSA) is 75.4 Å². The molecule has 0 radical (unpaired) electrons. The highest BCUT2D eigenvalue weighted by molar-refractivity contribution is 5.92. The number of hydrogen-bond donors (Lipinski definition) is 2. The van der Waals surface area contributed by atoms with Crippen molar-refractivity contribution >= 4 is 11.6 Å². The average Bonchev–Trinajstić information content (AvgIpc) is 2.91. The van der Waals surface area contributed by atoms with E-state index in [1.807, 2.05) is 38.1 Å². The number of carbonyl (C=O) groups is 1. The number of aromatic nitrogens is 1. The van der Waals surface area contributed by atoms with Gasteiger partial charge in [0.25, 0.3) is 0 Å². The number of nitrogens with zero attached hydrogens (tertiary/aromatic N) is 1. The fourth-order valence-electron chi connectivity index (χ4n) is 2.39. The van der Waals surface area contributed by atoms with Gasteiger partial charge >= 0.3 is 0 Å². The van der Waals surface area contributed by atoms with Crippen molar-refractivity contribution in [3.8, 4) is 0 Å². The number of hydrogen-bond acceptors (Lipinski definition) is 4. The highest BCUT2D eigenvalue weighted by Gasteiger charge is 2.16. The molecule has 1 aromatic carbocycles. The van der Waals surface area contributed by atoms with Crippen LogP contribution in [0.2, 0.25) is 0 Å². The first kappa shape index (κ1) is 16.2. The highest BCUT2D eigenvalue weighted by atomic mass is 16.5. The van der Waals surface area contributed by atoms with E-state index < -0.39 is 0 Å². The lowest BCUT2D eigenvalue weighted by Gasteiger charge is -2.07. The maximum atomic E-state index is 12.2. The van der Waals surface area contributed by atoms with Crippen LogP contribution in [0.3, 0.4) is 0 Å². The SMILES string of the molecule is CCc1noc(CC)c1CC(=O)Nc1ccc(CCO)cc1. The zero-order chi connectivity index (χ0) is 15.9. The monoisotopic (exact) mass is 302 g/mol. The number of aryl methyl sites for hydroxylation is 2. The summed E-state index contributed by atoms with van der Waals surface area (Å²) in [5, 5.41) is 15.8. The van der Waals surface area contributed by atoms with Crippen LogP contribution in [0, 0.1) is 0 Å². The van der Waals surface area contributed by atoms with Crippen LogP contribution in [-0.2, 0) is 30.5 Å². The van der Waals surface area contributed by atoms with Gasteiger partial charge < -0.3 is 14.9 Å². The second kappa shape index (κ2) is 7.75. The molecule has 5 heteroatoms. The Hall–Kier alpha value is -2.14. The summed E-state index contributed by atoms with van der Waals surface area (Å²) < 4.78 is 5.28. The van der Waals surface area contributed by atoms with E-state index in [0.29, 0.717) is 6.42 Å². The standard InChI is InChI=1S/C17H22N2O3/c1-3-15-14(16(4-2)22-19-15)11-17(21)18-13-7-5-12(6-8-13)9-10-20/h5-8,20H,3-4,9-11H2,1-2H3,(H,18,21). The van der Waals surface area contributed by atoms with Gasteiger partial charge in [-0.25, -0.2) is 0 Å². The lowest BCUT2D eigenvalue weighted by Crippen LogP contribution is -2.15. The van der Waals surface area contributed by atoms with Crippen LogP contribution < -0.4 is 5.32 Å². The zero-order valence-corrected chi connectivity index (χ0v) is 13.1. The normalized spacial score (nSPS) is 10.7. The Morgan fingerprint density at radius 2 is 1.95 bits per heavy atom. The van der Waals surface area contributed by atoms with Crippen molar-refractivity contribution in [1.82, 2.24) is 5.16 Å². The van der Waals surface area contributed by atoms with Gasteiger partial charge in [-0.1, -0.05) is 31.1 Å². The molecule has 2 rings (SSSR count). The molecule has 0 atom stereocenters. The number of nitrogens with one attached hydrogen (secondary N) is 1. The summed E-state index contributed by atoms with van der Waals surface area (Å²) in [6.07, 6.45) is 2.37. The molecule has 0 aliphatic rings. The van der Waals surface area contributed by atoms with Gasteiger partial charge in [-0.2, -0.15) is 0 Å². The molecule has 1 amide bonds. The quantitative estimate of drug-likeness (QED) is 0.824. The molecule has 0 saturated heterocycles. The Labute approximate surface area is 130 Å². The molecule has 2 aromatic rings. The molecule has 0 unspecified atom stereocenters. The number of benzene rings is 1. The van der Waals surface area contributed by atoms with Crippen molar-refractivity contribution in [2.24, 2.45) is 0 Å². The van der Waals surface area contributed by atoms with Gasteiger partial charge in [0.15, 0.2) is 0 Å². The largest absolute Gasteiger partial charge is 0.396 e. The minimum atomic E-state index is -0.0810. The van der Waals surface area contributed by atoms with E-state index in [1.54, 1.807) is 0 Å². The molecule has 0 fully saturated rings. The van der Waals surface area contributed by atoms with Crippen LogP contribution in [0.4, 0.5) is 5.69 Å². The second-order valence-corrected chi connectivity index (χ2v) is 5.13. The van der Waals surface area contributed by atoms with E-state index in [2.05, 4.69) is 10.5 Å². The van der Waals surface area contributed by atoms with Gasteiger partial charge in [0.1, 0.15) is 5.76 Å². The summed E-state index contributed by atoms with van der Waals surface area (Å²) in [6.45, 7) is 4.11. The molecule has 0 spiro atoms. The van der Waals surface area contributed by atoms with Crippen LogP contribution in [0.1, 0.15) is 36.4 Å². The number of anilines is 1. The Morgan fingerprint density at radius 3 is 2.55 bits per heavy atom. The summed E-state index contributed by atoms with van der Waals surface area (Å²) in [5.41, 5.74) is 3.55. The summed E-state index contributed by atoms with van der Waals surface area (Å²) in [5.74, 6) is 0.702. The Bertz CT molecular complexity index is 596. The van der Waals surface area contributed by atoms with Gasteiger partial charge in [-0.15, -0.1) is 0 Å². The highest BCUT2D eigenvalue weighted by Crippen LogP contribution is 2.17. The molecule has 2 N–H and O–H groups in total. The van der Waals surface area contributed by atoms with Crippen LogP contribution in [0.25, 0.3) is 0 Å². The fourth-order valence-corrected chi connectivity index (χ4v) is 2.39. The van der Waals surface area contributed by atoms with Gasteiger partial charge in [-0.05, 0) is 30.5 Å². The van der Waals surface area contributed by atoms with Crippen molar-refractivity contribution in [3.05, 3.63) is 46.8 Å². The first-order valence-electron chi connectivity index (χ1n) is 7.63. The molecule has 0 saturated carbocycles. The Balaban J connectivity index is 2.02. The summed E-state index contributed by atoms with van der Waals surface area (Å²) >= 11 is 0. The van der Waals surface area contributed by atoms with E-state index in [-0.39, 0.29) is 18.9 Å². The van der Waals surface area contributed by atoms with Crippen molar-refractivity contribution in [2.45, 2.75) is 39.5 Å². The first-order valence-corrected chi connectivity index (χ1v) is 7.63. The molecule has 1 heterocycles. The molecular formula is C17H22N2O3. The Kier molecular flexibility index (Phi) is 5.72. The average molecular weight is 302 g/mol. The minimum absolute atomic E-state index is 0.0810. The maximum Gasteiger partial charge on any atom is 0.228 e. The molecule has 0 bridgehead atoms. The van der Waals surface area contributed by atoms with Crippen LogP contribution in [-0.4, -0.2) is 22.8 Å². The van der Waals surface area contributed by atoms with Crippen LogP contribution in [0.5, 0.6) is 0 Å². The Morgan fingerprint density at radius 1 is 1.23 bits per heavy atom. The van der Waals surface area contributed by atoms with Crippen molar-refractivity contribution in [1.29, 1.82) is 0 Å². The van der Waals surface area contributed by atoms with Gasteiger partial charge in [0.05, 0.1) is 12.1 Å². The van der Waals surface area contributed by atoms with Crippen molar-refractivity contribution in [2.75, 3.05) is 11.9 Å². The number of aliphatic hydroxyl groups is 1. The minimum Gasteiger partial charge on any atom is -0.396 e. The lowest BCUT2D eigenvalue weighted by molar-refractivity contribution is -0.115. The van der Waals surface area contributed by atoms with E-state index in [1.165, 1.54) is 0 Å². The van der Waals surface area contributed by atoms with Gasteiger partial charge in [0.2, 0.25) is 5.91 Å². The van der Waals surface area contributed by atoms with E-state index in [9.17, 15) is 4.79 Å². The number of carbonyl (C=O) groups excluding carboxylic acids is 1. The van der Waals surface area contributed by atoms with E-state index >= 15 is 0 Å². The van der Waals surface area contributed by atoms with E-state index in [0.717, 1.165) is 41.1 Å². The van der Waals surface area contributed by atoms with Crippen LogP contribution in [0.15, 0.2) is 28.8 Å². The predicted octanol–water partition coefficient (Wildman–Crippen LogP) is 2.52. The summed E-state index contributed by atoms with van der Waals surface area (Å²) in [7, 11) is 0. The first-order chi connectivity index (χ1) is 10.7.